The van der Waals surface area contributed by atoms with Crippen molar-refractivity contribution in [1.82, 2.24) is 0 Å². The molecule has 3 aromatic carbocycles. The molecule has 0 saturated carbocycles. The largest absolute Gasteiger partial charge is 0.377 e. The lowest BCUT2D eigenvalue weighted by molar-refractivity contribution is 0.425. The first-order chi connectivity index (χ1) is 12.8. The van der Waals surface area contributed by atoms with Crippen LogP contribution >= 0.6 is 15.9 Å². The smallest absolute Gasteiger partial charge is 0.0565 e. The molecule has 5 rings (SSSR count). The van der Waals surface area contributed by atoms with Crippen molar-refractivity contribution in [2.24, 2.45) is 5.92 Å². The molecule has 3 aromatic rings. The molecule has 26 heavy (non-hydrogen) atoms. The number of rotatable bonds is 2. The topological polar surface area (TPSA) is 12.0 Å². The van der Waals surface area contributed by atoms with Gasteiger partial charge in [0.2, 0.25) is 0 Å². The number of allylic oxidation sites excluding steroid dienone is 2. The van der Waals surface area contributed by atoms with Crippen LogP contribution in [0.1, 0.15) is 29.5 Å². The molecular weight excluding hydrogens is 382 g/mol. The number of benzene rings is 3. The molecule has 3 atom stereocenters. The maximum atomic E-state index is 3.92. The molecule has 1 heterocycles. The highest BCUT2D eigenvalue weighted by Crippen LogP contribution is 2.52. The van der Waals surface area contributed by atoms with E-state index in [2.05, 4.69) is 106 Å². The van der Waals surface area contributed by atoms with Gasteiger partial charge in [-0.25, -0.2) is 0 Å². The SMILES string of the molecule is Brc1ccccc1[C@@H]1Nc2c(-c3ccccc3)cccc2[C@@H]2C=CC[C@@H]21. The summed E-state index contributed by atoms with van der Waals surface area (Å²) in [4.78, 5) is 0. The number of halogens is 1. The van der Waals surface area contributed by atoms with E-state index in [4.69, 9.17) is 0 Å². The van der Waals surface area contributed by atoms with Crippen molar-refractivity contribution in [3.05, 3.63) is 101 Å². The number of para-hydroxylation sites is 1. The average Bonchev–Trinajstić information content (AvgIpc) is 3.18. The minimum atomic E-state index is 0.308. The maximum Gasteiger partial charge on any atom is 0.0565 e. The van der Waals surface area contributed by atoms with Gasteiger partial charge in [-0.3, -0.25) is 0 Å². The van der Waals surface area contributed by atoms with Crippen LogP contribution in [-0.2, 0) is 0 Å². The van der Waals surface area contributed by atoms with E-state index in [9.17, 15) is 0 Å². The summed E-state index contributed by atoms with van der Waals surface area (Å²) >= 11 is 3.77. The molecule has 0 fully saturated rings. The lowest BCUT2D eigenvalue weighted by Crippen LogP contribution is -2.29. The Morgan fingerprint density at radius 3 is 2.42 bits per heavy atom. The van der Waals surface area contributed by atoms with Gasteiger partial charge in [0.1, 0.15) is 0 Å². The van der Waals surface area contributed by atoms with Gasteiger partial charge in [0.25, 0.3) is 0 Å². The van der Waals surface area contributed by atoms with E-state index in [-0.39, 0.29) is 0 Å². The van der Waals surface area contributed by atoms with E-state index >= 15 is 0 Å². The van der Waals surface area contributed by atoms with E-state index in [0.717, 1.165) is 6.42 Å². The Hall–Kier alpha value is -2.32. The van der Waals surface area contributed by atoms with Gasteiger partial charge in [0.15, 0.2) is 0 Å². The van der Waals surface area contributed by atoms with Crippen LogP contribution in [0.2, 0.25) is 0 Å². The highest BCUT2D eigenvalue weighted by Gasteiger charge is 2.39. The van der Waals surface area contributed by atoms with Gasteiger partial charge in [-0.1, -0.05) is 94.8 Å². The number of fused-ring (bicyclic) bond motifs is 3. The summed E-state index contributed by atoms with van der Waals surface area (Å²) < 4.78 is 1.18. The third kappa shape index (κ3) is 2.52. The molecule has 0 spiro atoms. The van der Waals surface area contributed by atoms with E-state index in [1.165, 1.54) is 32.4 Å². The van der Waals surface area contributed by atoms with Crippen LogP contribution < -0.4 is 5.32 Å². The molecule has 2 heteroatoms. The Morgan fingerprint density at radius 2 is 1.58 bits per heavy atom. The third-order valence-corrected chi connectivity index (χ3v) is 6.44. The van der Waals surface area contributed by atoms with Crippen LogP contribution in [0.5, 0.6) is 0 Å². The molecule has 0 unspecified atom stereocenters. The van der Waals surface area contributed by atoms with Crippen LogP contribution in [0.3, 0.4) is 0 Å². The molecule has 1 N–H and O–H groups in total. The molecule has 0 amide bonds. The monoisotopic (exact) mass is 401 g/mol. The predicted molar refractivity (Wildman–Crippen MR) is 112 cm³/mol. The zero-order valence-corrected chi connectivity index (χ0v) is 16.0. The predicted octanol–water partition coefficient (Wildman–Crippen LogP) is 6.94. The van der Waals surface area contributed by atoms with Gasteiger partial charge >= 0.3 is 0 Å². The van der Waals surface area contributed by atoms with Crippen molar-refractivity contribution < 1.29 is 0 Å². The summed E-state index contributed by atoms with van der Waals surface area (Å²) in [7, 11) is 0. The Morgan fingerprint density at radius 1 is 0.808 bits per heavy atom. The Labute approximate surface area is 162 Å². The van der Waals surface area contributed by atoms with Gasteiger partial charge in [-0.15, -0.1) is 0 Å². The van der Waals surface area contributed by atoms with E-state index < -0.39 is 0 Å². The highest BCUT2D eigenvalue weighted by atomic mass is 79.9. The zero-order valence-electron chi connectivity index (χ0n) is 14.4. The normalized spacial score (nSPS) is 23.2. The minimum Gasteiger partial charge on any atom is -0.377 e. The van der Waals surface area contributed by atoms with Gasteiger partial charge in [0.05, 0.1) is 6.04 Å². The average molecular weight is 402 g/mol. The highest BCUT2D eigenvalue weighted by molar-refractivity contribution is 9.10. The Balaban J connectivity index is 1.68. The first-order valence-corrected chi connectivity index (χ1v) is 9.98. The van der Waals surface area contributed by atoms with Gasteiger partial charge < -0.3 is 5.32 Å². The molecule has 1 aliphatic heterocycles. The van der Waals surface area contributed by atoms with Crippen LogP contribution in [0, 0.1) is 5.92 Å². The minimum absolute atomic E-state index is 0.308. The van der Waals surface area contributed by atoms with Crippen molar-refractivity contribution >= 4 is 21.6 Å². The van der Waals surface area contributed by atoms with Crippen molar-refractivity contribution in [3.63, 3.8) is 0 Å². The summed E-state index contributed by atoms with van der Waals surface area (Å²) in [6, 6.07) is 26.3. The summed E-state index contributed by atoms with van der Waals surface area (Å²) in [6.07, 6.45) is 5.88. The fraction of sp³-hybridized carbons (Fsp3) is 0.167. The number of hydrogen-bond donors (Lipinski definition) is 1. The first kappa shape index (κ1) is 15.9. The van der Waals surface area contributed by atoms with Crippen LogP contribution in [0.25, 0.3) is 11.1 Å². The molecule has 2 aliphatic rings. The molecule has 128 valence electrons. The Bertz CT molecular complexity index is 977. The molecule has 0 bridgehead atoms. The summed E-state index contributed by atoms with van der Waals surface area (Å²) in [5, 5.41) is 3.92. The van der Waals surface area contributed by atoms with E-state index in [1.807, 2.05) is 0 Å². The molecule has 0 radical (unpaired) electrons. The van der Waals surface area contributed by atoms with Gasteiger partial charge in [0, 0.05) is 21.6 Å². The lowest BCUT2D eigenvalue weighted by Gasteiger charge is -2.39. The summed E-state index contributed by atoms with van der Waals surface area (Å²) in [5.74, 6) is 1.04. The van der Waals surface area contributed by atoms with Crippen molar-refractivity contribution in [2.75, 3.05) is 5.32 Å². The zero-order chi connectivity index (χ0) is 17.5. The molecule has 0 saturated heterocycles. The second kappa shape index (κ2) is 6.44. The maximum absolute atomic E-state index is 3.92. The molecular formula is C24H20BrN. The van der Waals surface area contributed by atoms with Crippen LogP contribution in [0.4, 0.5) is 5.69 Å². The fourth-order valence-corrected chi connectivity index (χ4v) is 5.05. The van der Waals surface area contributed by atoms with Crippen LogP contribution in [-0.4, -0.2) is 0 Å². The number of hydrogen-bond acceptors (Lipinski definition) is 1. The molecule has 1 aliphatic carbocycles. The van der Waals surface area contributed by atoms with E-state index in [0.29, 0.717) is 17.9 Å². The van der Waals surface area contributed by atoms with Crippen molar-refractivity contribution in [3.8, 4) is 11.1 Å². The second-order valence-electron chi connectivity index (χ2n) is 7.13. The second-order valence-corrected chi connectivity index (χ2v) is 7.99. The number of nitrogens with one attached hydrogen (secondary N) is 1. The molecule has 0 aromatic heterocycles. The van der Waals surface area contributed by atoms with Crippen LogP contribution in [0.15, 0.2) is 89.4 Å². The lowest BCUT2D eigenvalue weighted by atomic mass is 9.76. The Kier molecular flexibility index (Phi) is 3.94. The van der Waals surface area contributed by atoms with Crippen molar-refractivity contribution in [2.45, 2.75) is 18.4 Å². The standard InChI is InChI=1S/C24H20BrN/c25-22-15-5-4-10-21(22)24-20-14-7-12-18(20)19-13-6-11-17(23(19)26-24)16-8-2-1-3-9-16/h1-13,15,18,20,24,26H,14H2/t18-,20-,24+/m0/s1. The van der Waals surface area contributed by atoms with Gasteiger partial charge in [-0.2, -0.15) is 0 Å². The first-order valence-electron chi connectivity index (χ1n) is 9.19. The number of anilines is 1. The molecule has 1 nitrogen and oxygen atoms in total. The quantitative estimate of drug-likeness (QED) is 0.458. The summed E-state index contributed by atoms with van der Waals surface area (Å²) in [5.41, 5.74) is 6.61. The summed E-state index contributed by atoms with van der Waals surface area (Å²) in [6.45, 7) is 0. The fourth-order valence-electron chi connectivity index (χ4n) is 4.51. The van der Waals surface area contributed by atoms with Gasteiger partial charge in [-0.05, 0) is 35.1 Å². The van der Waals surface area contributed by atoms with E-state index in [1.54, 1.807) is 0 Å². The third-order valence-electron chi connectivity index (χ3n) is 5.72. The van der Waals surface area contributed by atoms with Crippen molar-refractivity contribution in [1.29, 1.82) is 0 Å².